The predicted molar refractivity (Wildman–Crippen MR) is 91.1 cm³/mol. The van der Waals surface area contributed by atoms with Crippen LogP contribution in [-0.4, -0.2) is 15.7 Å². The number of nitrogens with one attached hydrogen (secondary N) is 1. The molecule has 0 atom stereocenters. The molecular weight excluding hydrogens is 386 g/mol. The average molecular weight is 398 g/mol. The second-order valence-corrected chi connectivity index (χ2v) is 6.04. The van der Waals surface area contributed by atoms with Crippen LogP contribution >= 0.6 is 11.6 Å². The molecule has 0 saturated carbocycles. The number of carbonyl (C=O) groups is 1. The van der Waals surface area contributed by atoms with Crippen LogP contribution in [0.15, 0.2) is 54.7 Å². The van der Waals surface area contributed by atoms with Crippen LogP contribution in [0.3, 0.4) is 0 Å². The number of carbonyl (C=O) groups excluding carboxylic acids is 1. The fourth-order valence-electron chi connectivity index (χ4n) is 2.47. The molecule has 3 rings (SSSR count). The zero-order valence-electron chi connectivity index (χ0n) is 13.6. The van der Waals surface area contributed by atoms with Gasteiger partial charge < -0.3 is 5.32 Å². The van der Waals surface area contributed by atoms with Crippen LogP contribution in [0.25, 0.3) is 5.69 Å². The SMILES string of the molecule is O=C(NCc1ccc(F)cc1)c1cnn(-c2cccc(Cl)c2)c1C(F)(F)F. The summed E-state index contributed by atoms with van der Waals surface area (Å²) in [5.41, 5.74) is -1.21. The molecule has 1 N–H and O–H groups in total. The number of hydrogen-bond acceptors (Lipinski definition) is 2. The summed E-state index contributed by atoms with van der Waals surface area (Å²) in [6.45, 7) is -0.0568. The number of benzene rings is 2. The Labute approximate surface area is 156 Å². The molecular formula is C18H12ClF4N3O. The van der Waals surface area contributed by atoms with Gasteiger partial charge in [-0.15, -0.1) is 0 Å². The summed E-state index contributed by atoms with van der Waals surface area (Å²) in [6.07, 6.45) is -3.97. The van der Waals surface area contributed by atoms with Gasteiger partial charge >= 0.3 is 6.18 Å². The Morgan fingerprint density at radius 1 is 1.15 bits per heavy atom. The van der Waals surface area contributed by atoms with Crippen molar-refractivity contribution in [2.45, 2.75) is 12.7 Å². The van der Waals surface area contributed by atoms with Crippen LogP contribution < -0.4 is 5.32 Å². The van der Waals surface area contributed by atoms with Gasteiger partial charge in [0, 0.05) is 11.6 Å². The molecule has 0 fully saturated rings. The van der Waals surface area contributed by atoms with Gasteiger partial charge in [-0.25, -0.2) is 9.07 Å². The molecule has 0 spiro atoms. The minimum atomic E-state index is -4.82. The van der Waals surface area contributed by atoms with Crippen LogP contribution in [-0.2, 0) is 12.7 Å². The molecule has 4 nitrogen and oxygen atoms in total. The van der Waals surface area contributed by atoms with E-state index in [1.54, 1.807) is 0 Å². The molecule has 0 aliphatic heterocycles. The van der Waals surface area contributed by atoms with Gasteiger partial charge in [0.05, 0.1) is 17.4 Å². The Kier molecular flexibility index (Phi) is 5.18. The highest BCUT2D eigenvalue weighted by molar-refractivity contribution is 6.30. The number of alkyl halides is 3. The minimum Gasteiger partial charge on any atom is -0.348 e. The molecule has 9 heteroatoms. The third kappa shape index (κ3) is 4.28. The quantitative estimate of drug-likeness (QED) is 0.653. The van der Waals surface area contributed by atoms with Crippen molar-refractivity contribution in [1.29, 1.82) is 0 Å². The largest absolute Gasteiger partial charge is 0.434 e. The number of halogens is 5. The zero-order chi connectivity index (χ0) is 19.6. The molecule has 2 aromatic carbocycles. The van der Waals surface area contributed by atoms with Crippen molar-refractivity contribution in [3.63, 3.8) is 0 Å². The second-order valence-electron chi connectivity index (χ2n) is 5.61. The molecule has 1 aromatic heterocycles. The molecule has 0 aliphatic carbocycles. The first kappa shape index (κ1) is 18.9. The number of rotatable bonds is 4. The van der Waals surface area contributed by atoms with Crippen molar-refractivity contribution in [3.05, 3.63) is 82.4 Å². The van der Waals surface area contributed by atoms with Crippen LogP contribution in [0, 0.1) is 5.82 Å². The Morgan fingerprint density at radius 3 is 2.48 bits per heavy atom. The maximum atomic E-state index is 13.6. The van der Waals surface area contributed by atoms with Crippen molar-refractivity contribution in [2.75, 3.05) is 0 Å². The minimum absolute atomic E-state index is 0.0568. The van der Waals surface area contributed by atoms with Crippen LogP contribution in [0.5, 0.6) is 0 Å². The molecule has 0 aliphatic rings. The molecule has 0 bridgehead atoms. The van der Waals surface area contributed by atoms with E-state index in [0.29, 0.717) is 10.2 Å². The standard InChI is InChI=1S/C18H12ClF4N3O/c19-12-2-1-3-14(8-12)26-16(18(21,22)23)15(10-25-26)17(27)24-9-11-4-6-13(20)7-5-11/h1-8,10H,9H2,(H,24,27). The predicted octanol–water partition coefficient (Wildman–Crippen LogP) is 4.61. The summed E-state index contributed by atoms with van der Waals surface area (Å²) in [6, 6.07) is 10.9. The first-order chi connectivity index (χ1) is 12.8. The summed E-state index contributed by atoms with van der Waals surface area (Å²) in [4.78, 5) is 12.3. The highest BCUT2D eigenvalue weighted by Crippen LogP contribution is 2.34. The third-order valence-electron chi connectivity index (χ3n) is 3.70. The van der Waals surface area contributed by atoms with Gasteiger partial charge in [0.2, 0.25) is 0 Å². The Morgan fingerprint density at radius 2 is 1.85 bits per heavy atom. The average Bonchev–Trinajstić information content (AvgIpc) is 3.07. The number of amides is 1. The Bertz CT molecular complexity index is 967. The highest BCUT2D eigenvalue weighted by atomic mass is 35.5. The van der Waals surface area contributed by atoms with Gasteiger partial charge in [-0.2, -0.15) is 18.3 Å². The maximum Gasteiger partial charge on any atom is 0.434 e. The summed E-state index contributed by atoms with van der Waals surface area (Å²) in [5.74, 6) is -1.40. The van der Waals surface area contributed by atoms with Crippen LogP contribution in [0.4, 0.5) is 17.6 Å². The van der Waals surface area contributed by atoms with E-state index < -0.39 is 29.2 Å². The smallest absolute Gasteiger partial charge is 0.348 e. The van der Waals surface area contributed by atoms with E-state index in [1.165, 1.54) is 48.5 Å². The number of nitrogens with zero attached hydrogens (tertiary/aromatic N) is 2. The van der Waals surface area contributed by atoms with Crippen molar-refractivity contribution < 1.29 is 22.4 Å². The molecule has 0 radical (unpaired) electrons. The lowest BCUT2D eigenvalue weighted by atomic mass is 10.2. The van der Waals surface area contributed by atoms with Crippen molar-refractivity contribution in [3.8, 4) is 5.69 Å². The van der Waals surface area contributed by atoms with E-state index in [-0.39, 0.29) is 17.3 Å². The lowest BCUT2D eigenvalue weighted by Crippen LogP contribution is -2.26. The van der Waals surface area contributed by atoms with Gasteiger partial charge in [-0.1, -0.05) is 29.8 Å². The molecule has 0 saturated heterocycles. The number of aromatic nitrogens is 2. The molecule has 3 aromatic rings. The molecule has 27 heavy (non-hydrogen) atoms. The van der Waals surface area contributed by atoms with E-state index in [4.69, 9.17) is 11.6 Å². The fourth-order valence-corrected chi connectivity index (χ4v) is 2.66. The summed E-state index contributed by atoms with van der Waals surface area (Å²) >= 11 is 5.83. The van der Waals surface area contributed by atoms with Gasteiger partial charge in [-0.3, -0.25) is 4.79 Å². The second kappa shape index (κ2) is 7.40. The molecule has 140 valence electrons. The molecule has 1 heterocycles. The van der Waals surface area contributed by atoms with E-state index >= 15 is 0 Å². The number of hydrogen-bond donors (Lipinski definition) is 1. The van der Waals surface area contributed by atoms with Crippen LogP contribution in [0.1, 0.15) is 21.6 Å². The van der Waals surface area contributed by atoms with E-state index in [0.717, 1.165) is 6.20 Å². The lowest BCUT2D eigenvalue weighted by molar-refractivity contribution is -0.143. The maximum absolute atomic E-state index is 13.6. The lowest BCUT2D eigenvalue weighted by Gasteiger charge is -2.13. The Balaban J connectivity index is 1.90. The van der Waals surface area contributed by atoms with Gasteiger partial charge in [0.25, 0.3) is 5.91 Å². The summed E-state index contributed by atoms with van der Waals surface area (Å²) in [5, 5.41) is 6.33. The van der Waals surface area contributed by atoms with E-state index in [1.807, 2.05) is 0 Å². The highest BCUT2D eigenvalue weighted by Gasteiger charge is 2.40. The monoisotopic (exact) mass is 397 g/mol. The first-order valence-electron chi connectivity index (χ1n) is 7.69. The third-order valence-corrected chi connectivity index (χ3v) is 3.94. The van der Waals surface area contributed by atoms with Gasteiger partial charge in [0.15, 0.2) is 5.69 Å². The topological polar surface area (TPSA) is 46.9 Å². The zero-order valence-corrected chi connectivity index (χ0v) is 14.4. The van der Waals surface area contributed by atoms with Crippen molar-refractivity contribution in [1.82, 2.24) is 15.1 Å². The van der Waals surface area contributed by atoms with Crippen molar-refractivity contribution >= 4 is 17.5 Å². The summed E-state index contributed by atoms with van der Waals surface area (Å²) in [7, 11) is 0. The normalized spacial score (nSPS) is 11.4. The molecule has 1 amide bonds. The Hall–Kier alpha value is -2.87. The first-order valence-corrected chi connectivity index (χ1v) is 8.07. The van der Waals surface area contributed by atoms with E-state index in [2.05, 4.69) is 10.4 Å². The van der Waals surface area contributed by atoms with Crippen molar-refractivity contribution in [2.24, 2.45) is 0 Å². The molecule has 0 unspecified atom stereocenters. The van der Waals surface area contributed by atoms with Gasteiger partial charge in [0.1, 0.15) is 5.82 Å². The fraction of sp³-hybridized carbons (Fsp3) is 0.111. The van der Waals surface area contributed by atoms with Crippen LogP contribution in [0.2, 0.25) is 5.02 Å². The van der Waals surface area contributed by atoms with E-state index in [9.17, 15) is 22.4 Å². The van der Waals surface area contributed by atoms with Gasteiger partial charge in [-0.05, 0) is 35.9 Å². The summed E-state index contributed by atoms with van der Waals surface area (Å²) < 4.78 is 54.3.